The summed E-state index contributed by atoms with van der Waals surface area (Å²) in [5.74, 6) is 0. The minimum atomic E-state index is -4.27. The highest BCUT2D eigenvalue weighted by Crippen LogP contribution is 2.36. The lowest BCUT2D eigenvalue weighted by atomic mass is 9.95. The number of anilines is 1. The second-order valence-electron chi connectivity index (χ2n) is 4.13. The molecule has 1 atom stereocenters. The highest BCUT2D eigenvalue weighted by Gasteiger charge is 2.32. The van der Waals surface area contributed by atoms with E-state index in [0.717, 1.165) is 31.3 Å². The van der Waals surface area contributed by atoms with Crippen LogP contribution in [-0.2, 0) is 6.18 Å². The Labute approximate surface area is 98.2 Å². The summed E-state index contributed by atoms with van der Waals surface area (Å²) in [6.45, 7) is 3.49. The molecule has 0 spiro atoms. The molecule has 0 saturated carbocycles. The van der Waals surface area contributed by atoms with Gasteiger partial charge in [0.1, 0.15) is 0 Å². The summed E-state index contributed by atoms with van der Waals surface area (Å²) in [5, 5.41) is 6.33. The highest BCUT2D eigenvalue weighted by molar-refractivity contribution is 5.56. The maximum absolute atomic E-state index is 12.6. The molecule has 0 aliphatic carbocycles. The van der Waals surface area contributed by atoms with Crippen molar-refractivity contribution in [3.63, 3.8) is 0 Å². The summed E-state index contributed by atoms with van der Waals surface area (Å²) in [4.78, 5) is 0. The van der Waals surface area contributed by atoms with Crippen LogP contribution < -0.4 is 10.6 Å². The van der Waals surface area contributed by atoms with Gasteiger partial charge in [-0.25, -0.2) is 0 Å². The summed E-state index contributed by atoms with van der Waals surface area (Å²) in [7, 11) is 0. The van der Waals surface area contributed by atoms with Crippen LogP contribution in [0.1, 0.15) is 30.5 Å². The van der Waals surface area contributed by atoms with Crippen LogP contribution in [0.25, 0.3) is 0 Å². The number of hydrogen-bond acceptors (Lipinski definition) is 2. The van der Waals surface area contributed by atoms with Gasteiger partial charge >= 0.3 is 6.18 Å². The molecule has 0 aromatic heterocycles. The van der Waals surface area contributed by atoms with E-state index in [0.29, 0.717) is 5.56 Å². The average Bonchev–Trinajstić information content (AvgIpc) is 2.28. The summed E-state index contributed by atoms with van der Waals surface area (Å²) in [5.41, 5.74) is 0.936. The van der Waals surface area contributed by atoms with Crippen LogP contribution in [0.3, 0.4) is 0 Å². The van der Waals surface area contributed by atoms with Crippen molar-refractivity contribution in [1.82, 2.24) is 5.32 Å². The third-order valence-electron chi connectivity index (χ3n) is 2.95. The Kier molecular flexibility index (Phi) is 3.28. The first-order valence-electron chi connectivity index (χ1n) is 5.70. The maximum atomic E-state index is 12.6. The number of nitrogens with one attached hydrogen (secondary N) is 2. The maximum Gasteiger partial charge on any atom is 0.416 e. The highest BCUT2D eigenvalue weighted by atomic mass is 19.4. The molecular weight excluding hydrogens is 229 g/mol. The zero-order valence-electron chi connectivity index (χ0n) is 9.56. The molecule has 1 unspecified atom stereocenters. The van der Waals surface area contributed by atoms with E-state index in [9.17, 15) is 13.2 Å². The fraction of sp³-hybridized carbons (Fsp3) is 0.500. The van der Waals surface area contributed by atoms with Crippen LogP contribution in [-0.4, -0.2) is 13.1 Å². The van der Waals surface area contributed by atoms with Crippen LogP contribution in [0, 0.1) is 0 Å². The Balaban J connectivity index is 2.37. The number of alkyl halides is 3. The van der Waals surface area contributed by atoms with Crippen molar-refractivity contribution in [2.24, 2.45) is 0 Å². The molecule has 0 bridgehead atoms. The normalized spacial score (nSPS) is 19.6. The predicted octanol–water partition coefficient (Wildman–Crippen LogP) is 3.17. The van der Waals surface area contributed by atoms with E-state index in [1.54, 1.807) is 0 Å². The Morgan fingerprint density at radius 2 is 2.18 bits per heavy atom. The Hall–Kier alpha value is -1.23. The van der Waals surface area contributed by atoms with Gasteiger partial charge in [0.25, 0.3) is 0 Å². The molecule has 2 N–H and O–H groups in total. The van der Waals surface area contributed by atoms with E-state index in [2.05, 4.69) is 10.6 Å². The van der Waals surface area contributed by atoms with Crippen molar-refractivity contribution >= 4 is 5.69 Å². The molecule has 0 fully saturated rings. The first-order valence-corrected chi connectivity index (χ1v) is 5.70. The molecule has 0 amide bonds. The lowest BCUT2D eigenvalue weighted by molar-refractivity contribution is -0.137. The SMILES string of the molecule is CCNC1CCNc2ccc(C(F)(F)F)cc21. The van der Waals surface area contributed by atoms with Crippen molar-refractivity contribution in [3.8, 4) is 0 Å². The van der Waals surface area contributed by atoms with Crippen molar-refractivity contribution in [2.45, 2.75) is 25.6 Å². The number of fused-ring (bicyclic) bond motifs is 1. The van der Waals surface area contributed by atoms with Crippen LogP contribution >= 0.6 is 0 Å². The third kappa shape index (κ3) is 2.54. The van der Waals surface area contributed by atoms with Crippen LogP contribution in [0.5, 0.6) is 0 Å². The molecule has 1 aliphatic rings. The summed E-state index contributed by atoms with van der Waals surface area (Å²) in [6, 6.07) is 3.90. The minimum Gasteiger partial charge on any atom is -0.385 e. The van der Waals surface area contributed by atoms with Crippen molar-refractivity contribution in [2.75, 3.05) is 18.4 Å². The van der Waals surface area contributed by atoms with Gasteiger partial charge in [-0.15, -0.1) is 0 Å². The van der Waals surface area contributed by atoms with E-state index >= 15 is 0 Å². The molecule has 1 aliphatic heterocycles. The van der Waals surface area contributed by atoms with E-state index in [-0.39, 0.29) is 6.04 Å². The van der Waals surface area contributed by atoms with E-state index < -0.39 is 11.7 Å². The fourth-order valence-electron chi connectivity index (χ4n) is 2.15. The molecule has 1 aromatic rings. The van der Waals surface area contributed by atoms with Gasteiger partial charge in [0.2, 0.25) is 0 Å². The number of benzene rings is 1. The fourth-order valence-corrected chi connectivity index (χ4v) is 2.15. The van der Waals surface area contributed by atoms with E-state index in [1.165, 1.54) is 12.1 Å². The predicted molar refractivity (Wildman–Crippen MR) is 61.0 cm³/mol. The Morgan fingerprint density at radius 3 is 2.82 bits per heavy atom. The van der Waals surface area contributed by atoms with Crippen LogP contribution in [0.2, 0.25) is 0 Å². The van der Waals surface area contributed by atoms with Crippen molar-refractivity contribution < 1.29 is 13.2 Å². The lowest BCUT2D eigenvalue weighted by Gasteiger charge is -2.28. The molecule has 0 saturated heterocycles. The topological polar surface area (TPSA) is 24.1 Å². The Morgan fingerprint density at radius 1 is 1.41 bits per heavy atom. The molecule has 2 rings (SSSR count). The monoisotopic (exact) mass is 244 g/mol. The van der Waals surface area contributed by atoms with Gasteiger partial charge in [-0.05, 0) is 36.7 Å². The van der Waals surface area contributed by atoms with Crippen molar-refractivity contribution in [1.29, 1.82) is 0 Å². The van der Waals surface area contributed by atoms with Gasteiger partial charge in [0.05, 0.1) is 5.56 Å². The zero-order valence-corrected chi connectivity index (χ0v) is 9.56. The molecule has 17 heavy (non-hydrogen) atoms. The second kappa shape index (κ2) is 4.56. The number of halogens is 3. The molecule has 5 heteroatoms. The van der Waals surface area contributed by atoms with Gasteiger partial charge in [0.15, 0.2) is 0 Å². The molecule has 1 heterocycles. The molecule has 2 nitrogen and oxygen atoms in total. The second-order valence-corrected chi connectivity index (χ2v) is 4.13. The number of hydrogen-bond donors (Lipinski definition) is 2. The first kappa shape index (κ1) is 12.2. The standard InChI is InChI=1S/C12H15F3N2/c1-2-16-11-5-6-17-10-4-3-8(7-9(10)11)12(13,14)15/h3-4,7,11,16-17H,2,5-6H2,1H3. The summed E-state index contributed by atoms with van der Waals surface area (Å²) < 4.78 is 37.9. The van der Waals surface area contributed by atoms with Crippen LogP contribution in [0.4, 0.5) is 18.9 Å². The van der Waals surface area contributed by atoms with Gasteiger partial charge in [-0.1, -0.05) is 6.92 Å². The molecule has 0 radical (unpaired) electrons. The summed E-state index contributed by atoms with van der Waals surface area (Å²) >= 11 is 0. The largest absolute Gasteiger partial charge is 0.416 e. The smallest absolute Gasteiger partial charge is 0.385 e. The van der Waals surface area contributed by atoms with E-state index in [1.807, 2.05) is 6.92 Å². The van der Waals surface area contributed by atoms with Gasteiger partial charge in [-0.2, -0.15) is 13.2 Å². The molecule has 94 valence electrons. The quantitative estimate of drug-likeness (QED) is 0.835. The Bertz CT molecular complexity index is 401. The lowest BCUT2D eigenvalue weighted by Crippen LogP contribution is -2.28. The average molecular weight is 244 g/mol. The molecular formula is C12H15F3N2. The van der Waals surface area contributed by atoms with Crippen molar-refractivity contribution in [3.05, 3.63) is 29.3 Å². The zero-order chi connectivity index (χ0) is 12.5. The first-order chi connectivity index (χ1) is 8.02. The van der Waals surface area contributed by atoms with Gasteiger partial charge in [0, 0.05) is 18.3 Å². The number of rotatable bonds is 2. The van der Waals surface area contributed by atoms with E-state index in [4.69, 9.17) is 0 Å². The third-order valence-corrected chi connectivity index (χ3v) is 2.95. The van der Waals surface area contributed by atoms with Gasteiger partial charge < -0.3 is 10.6 Å². The van der Waals surface area contributed by atoms with Crippen LogP contribution in [0.15, 0.2) is 18.2 Å². The minimum absolute atomic E-state index is 0.0125. The molecule has 1 aromatic carbocycles. The summed E-state index contributed by atoms with van der Waals surface area (Å²) in [6.07, 6.45) is -3.47. The van der Waals surface area contributed by atoms with Gasteiger partial charge in [-0.3, -0.25) is 0 Å².